The van der Waals surface area contributed by atoms with Gasteiger partial charge in [0.15, 0.2) is 12.4 Å². The molecule has 0 atom stereocenters. The fourth-order valence-electron chi connectivity index (χ4n) is 2.07. The van der Waals surface area contributed by atoms with Crippen LogP contribution in [0.4, 0.5) is 5.69 Å². The van der Waals surface area contributed by atoms with Crippen molar-refractivity contribution in [3.63, 3.8) is 0 Å². The van der Waals surface area contributed by atoms with Crippen molar-refractivity contribution < 1.29 is 23.9 Å². The summed E-state index contributed by atoms with van der Waals surface area (Å²) >= 11 is 0. The Kier molecular flexibility index (Phi) is 6.16. The first-order valence-electron chi connectivity index (χ1n) is 7.38. The van der Waals surface area contributed by atoms with E-state index in [1.165, 1.54) is 25.3 Å². The monoisotopic (exact) mass is 346 g/mol. The third-order valence-corrected chi connectivity index (χ3v) is 3.35. The number of nitro groups is 1. The Morgan fingerprint density at radius 3 is 2.52 bits per heavy atom. The average Bonchev–Trinajstić information content (AvgIpc) is 2.64. The molecule has 0 spiro atoms. The predicted molar refractivity (Wildman–Crippen MR) is 90.0 cm³/mol. The van der Waals surface area contributed by atoms with Gasteiger partial charge in [0.1, 0.15) is 11.5 Å². The van der Waals surface area contributed by atoms with Crippen LogP contribution in [0, 0.1) is 10.1 Å². The summed E-state index contributed by atoms with van der Waals surface area (Å²) in [4.78, 5) is 22.4. The Morgan fingerprint density at radius 2 is 1.84 bits per heavy atom. The van der Waals surface area contributed by atoms with Crippen molar-refractivity contribution in [2.24, 2.45) is 0 Å². The summed E-state index contributed by atoms with van der Waals surface area (Å²) in [7, 11) is 2.97. The van der Waals surface area contributed by atoms with Crippen molar-refractivity contribution in [2.45, 2.75) is 6.54 Å². The minimum atomic E-state index is -0.591. The van der Waals surface area contributed by atoms with E-state index >= 15 is 0 Å². The molecule has 0 radical (unpaired) electrons. The third-order valence-electron chi connectivity index (χ3n) is 3.35. The molecule has 1 N–H and O–H groups in total. The van der Waals surface area contributed by atoms with Crippen molar-refractivity contribution in [1.29, 1.82) is 0 Å². The summed E-state index contributed by atoms with van der Waals surface area (Å²) in [5.41, 5.74) is 0.600. The molecule has 0 fully saturated rings. The molecule has 1 amide bonds. The Morgan fingerprint density at radius 1 is 1.12 bits per heavy atom. The Labute approximate surface area is 144 Å². The van der Waals surface area contributed by atoms with Crippen molar-refractivity contribution in [2.75, 3.05) is 20.8 Å². The highest BCUT2D eigenvalue weighted by Crippen LogP contribution is 2.30. The molecule has 8 heteroatoms. The van der Waals surface area contributed by atoms with Gasteiger partial charge in [-0.15, -0.1) is 0 Å². The first-order chi connectivity index (χ1) is 12.0. The van der Waals surface area contributed by atoms with Crippen molar-refractivity contribution in [1.82, 2.24) is 5.32 Å². The molecule has 0 unspecified atom stereocenters. The predicted octanol–water partition coefficient (Wildman–Crippen LogP) is 2.31. The average molecular weight is 346 g/mol. The number of carbonyl (C=O) groups excluding carboxylic acids is 1. The highest BCUT2D eigenvalue weighted by atomic mass is 16.6. The van der Waals surface area contributed by atoms with Crippen LogP contribution in [0.25, 0.3) is 0 Å². The topological polar surface area (TPSA) is 99.9 Å². The number of methoxy groups -OCH3 is 2. The molecule has 2 aromatic carbocycles. The number of nitro benzene ring substituents is 1. The molecule has 0 aliphatic rings. The number of ether oxygens (including phenoxy) is 3. The van der Waals surface area contributed by atoms with E-state index in [4.69, 9.17) is 14.2 Å². The van der Waals surface area contributed by atoms with Crippen LogP contribution in [0.2, 0.25) is 0 Å². The van der Waals surface area contributed by atoms with Crippen LogP contribution < -0.4 is 19.5 Å². The quantitative estimate of drug-likeness (QED) is 0.581. The Bertz CT molecular complexity index is 763. The molecule has 2 rings (SSSR count). The largest absolute Gasteiger partial charge is 0.497 e. The minimum absolute atomic E-state index is 0.00216. The first kappa shape index (κ1) is 18.1. The van der Waals surface area contributed by atoms with Gasteiger partial charge in [0.25, 0.3) is 5.91 Å². The molecule has 0 heterocycles. The number of hydrogen-bond acceptors (Lipinski definition) is 6. The van der Waals surface area contributed by atoms with Crippen LogP contribution in [0.1, 0.15) is 5.56 Å². The molecule has 0 aromatic heterocycles. The number of carbonyl (C=O) groups is 1. The number of nitrogens with one attached hydrogen (secondary N) is 1. The maximum Gasteiger partial charge on any atom is 0.314 e. The van der Waals surface area contributed by atoms with E-state index in [0.717, 1.165) is 5.56 Å². The molecule has 0 aliphatic carbocycles. The van der Waals surface area contributed by atoms with Gasteiger partial charge in [-0.05, 0) is 29.8 Å². The van der Waals surface area contributed by atoms with Crippen molar-refractivity contribution in [3.8, 4) is 17.2 Å². The molecule has 0 saturated heterocycles. The lowest BCUT2D eigenvalue weighted by atomic mass is 10.2. The maximum atomic E-state index is 11.9. The molecule has 8 nitrogen and oxygen atoms in total. The molecule has 25 heavy (non-hydrogen) atoms. The summed E-state index contributed by atoms with van der Waals surface area (Å²) in [6.45, 7) is -0.0404. The molecule has 2 aromatic rings. The number of benzene rings is 2. The maximum absolute atomic E-state index is 11.9. The molecular formula is C17H18N2O6. The van der Waals surface area contributed by atoms with Gasteiger partial charge >= 0.3 is 5.69 Å². The van der Waals surface area contributed by atoms with E-state index in [-0.39, 0.29) is 18.0 Å². The van der Waals surface area contributed by atoms with Crippen LogP contribution in [-0.4, -0.2) is 31.7 Å². The molecule has 0 aliphatic heterocycles. The lowest BCUT2D eigenvalue weighted by molar-refractivity contribution is -0.385. The molecule has 0 saturated carbocycles. The SMILES string of the molecule is COc1cccc(CNC(=O)COc2ccc(OC)cc2[N+](=O)[O-])c1. The summed E-state index contributed by atoms with van der Waals surface area (Å²) in [5, 5.41) is 13.7. The number of hydrogen-bond donors (Lipinski definition) is 1. The molecule has 132 valence electrons. The van der Waals surface area contributed by atoms with E-state index < -0.39 is 10.8 Å². The highest BCUT2D eigenvalue weighted by Gasteiger charge is 2.17. The summed E-state index contributed by atoms with van der Waals surface area (Å²) < 4.78 is 15.3. The smallest absolute Gasteiger partial charge is 0.314 e. The number of rotatable bonds is 8. The van der Waals surface area contributed by atoms with Crippen LogP contribution >= 0.6 is 0 Å². The van der Waals surface area contributed by atoms with Gasteiger partial charge < -0.3 is 19.5 Å². The van der Waals surface area contributed by atoms with Crippen molar-refractivity contribution >= 4 is 11.6 Å². The van der Waals surface area contributed by atoms with Gasteiger partial charge in [0.05, 0.1) is 25.2 Å². The zero-order chi connectivity index (χ0) is 18.2. The standard InChI is InChI=1S/C17H18N2O6/c1-23-13-5-3-4-12(8-13)10-18-17(20)11-25-16-7-6-14(24-2)9-15(16)19(21)22/h3-9H,10-11H2,1-2H3,(H,18,20). The van der Waals surface area contributed by atoms with Crippen LogP contribution in [-0.2, 0) is 11.3 Å². The fraction of sp³-hybridized carbons (Fsp3) is 0.235. The van der Waals surface area contributed by atoms with Gasteiger partial charge in [-0.1, -0.05) is 12.1 Å². The van der Waals surface area contributed by atoms with Crippen LogP contribution in [0.3, 0.4) is 0 Å². The minimum Gasteiger partial charge on any atom is -0.497 e. The van der Waals surface area contributed by atoms with E-state index in [9.17, 15) is 14.9 Å². The second-order valence-electron chi connectivity index (χ2n) is 5.01. The Hall–Kier alpha value is -3.29. The van der Waals surface area contributed by atoms with Gasteiger partial charge in [-0.3, -0.25) is 14.9 Å². The van der Waals surface area contributed by atoms with Gasteiger partial charge in [0, 0.05) is 6.54 Å². The molecular weight excluding hydrogens is 328 g/mol. The first-order valence-corrected chi connectivity index (χ1v) is 7.38. The van der Waals surface area contributed by atoms with Crippen LogP contribution in [0.5, 0.6) is 17.2 Å². The Balaban J connectivity index is 1.92. The van der Waals surface area contributed by atoms with Crippen molar-refractivity contribution in [3.05, 3.63) is 58.1 Å². The van der Waals surface area contributed by atoms with Gasteiger partial charge in [0.2, 0.25) is 0 Å². The third kappa shape index (κ3) is 5.10. The second-order valence-corrected chi connectivity index (χ2v) is 5.01. The highest BCUT2D eigenvalue weighted by molar-refractivity contribution is 5.77. The van der Waals surface area contributed by atoms with E-state index in [0.29, 0.717) is 18.0 Å². The number of nitrogens with zero attached hydrogens (tertiary/aromatic N) is 1. The normalized spacial score (nSPS) is 10.0. The van der Waals surface area contributed by atoms with Gasteiger partial charge in [-0.25, -0.2) is 0 Å². The van der Waals surface area contributed by atoms with E-state index in [1.54, 1.807) is 19.2 Å². The van der Waals surface area contributed by atoms with E-state index in [1.807, 2.05) is 12.1 Å². The van der Waals surface area contributed by atoms with E-state index in [2.05, 4.69) is 5.32 Å². The molecule has 0 bridgehead atoms. The second kappa shape index (κ2) is 8.53. The zero-order valence-electron chi connectivity index (χ0n) is 13.9. The van der Waals surface area contributed by atoms with Crippen LogP contribution in [0.15, 0.2) is 42.5 Å². The zero-order valence-corrected chi connectivity index (χ0v) is 13.9. The summed E-state index contributed by atoms with van der Waals surface area (Å²) in [5.74, 6) is 0.633. The summed E-state index contributed by atoms with van der Waals surface area (Å²) in [6, 6.07) is 11.4. The lowest BCUT2D eigenvalue weighted by Gasteiger charge is -2.09. The van der Waals surface area contributed by atoms with Gasteiger partial charge in [-0.2, -0.15) is 0 Å². The summed E-state index contributed by atoms with van der Waals surface area (Å²) in [6.07, 6.45) is 0. The lowest BCUT2D eigenvalue weighted by Crippen LogP contribution is -2.28. The fourth-order valence-corrected chi connectivity index (χ4v) is 2.07. The number of amides is 1.